The fraction of sp³-hybridized carbons (Fsp3) is 0.375. The quantitative estimate of drug-likeness (QED) is 0.841. The van der Waals surface area contributed by atoms with Gasteiger partial charge in [-0.2, -0.15) is 0 Å². The highest BCUT2D eigenvalue weighted by molar-refractivity contribution is 5.68. The van der Waals surface area contributed by atoms with Crippen LogP contribution in [-0.4, -0.2) is 41.3 Å². The van der Waals surface area contributed by atoms with Crippen LogP contribution in [0.4, 0.5) is 9.59 Å². The van der Waals surface area contributed by atoms with Gasteiger partial charge in [-0.05, 0) is 18.4 Å². The van der Waals surface area contributed by atoms with Crippen LogP contribution in [0.1, 0.15) is 18.4 Å². The highest BCUT2D eigenvalue weighted by Gasteiger charge is 2.20. The lowest BCUT2D eigenvalue weighted by atomic mass is 10.1. The van der Waals surface area contributed by atoms with Gasteiger partial charge in [0.05, 0.1) is 6.04 Å². The SMILES string of the molecule is O=C(N[C@@H]1C/C=C\CCN(C(=O)O)C1)OCc1ccccc1. The highest BCUT2D eigenvalue weighted by atomic mass is 16.5. The molecule has 1 aliphatic heterocycles. The maximum atomic E-state index is 11.8. The number of hydrogen-bond acceptors (Lipinski definition) is 3. The third kappa shape index (κ3) is 5.12. The summed E-state index contributed by atoms with van der Waals surface area (Å²) in [6.07, 6.45) is 3.66. The van der Waals surface area contributed by atoms with E-state index in [1.807, 2.05) is 42.5 Å². The van der Waals surface area contributed by atoms with E-state index in [1.54, 1.807) is 0 Å². The third-order valence-electron chi connectivity index (χ3n) is 3.40. The molecular formula is C16H20N2O4. The lowest BCUT2D eigenvalue weighted by Crippen LogP contribution is -2.46. The van der Waals surface area contributed by atoms with Crippen molar-refractivity contribution in [3.63, 3.8) is 0 Å². The van der Waals surface area contributed by atoms with Crippen molar-refractivity contribution in [2.75, 3.05) is 13.1 Å². The highest BCUT2D eigenvalue weighted by Crippen LogP contribution is 2.07. The summed E-state index contributed by atoms with van der Waals surface area (Å²) >= 11 is 0. The van der Waals surface area contributed by atoms with Crippen molar-refractivity contribution in [3.05, 3.63) is 48.0 Å². The normalized spacial score (nSPS) is 19.6. The van der Waals surface area contributed by atoms with Crippen LogP contribution in [0, 0.1) is 0 Å². The molecule has 118 valence electrons. The molecule has 1 atom stereocenters. The van der Waals surface area contributed by atoms with Crippen molar-refractivity contribution in [3.8, 4) is 0 Å². The first kappa shape index (κ1) is 15.9. The zero-order valence-corrected chi connectivity index (χ0v) is 12.3. The molecule has 1 aromatic rings. The topological polar surface area (TPSA) is 78.9 Å². The molecule has 2 N–H and O–H groups in total. The van der Waals surface area contributed by atoms with Gasteiger partial charge in [0.25, 0.3) is 0 Å². The monoisotopic (exact) mass is 304 g/mol. The first-order valence-corrected chi connectivity index (χ1v) is 7.25. The molecule has 1 aromatic carbocycles. The van der Waals surface area contributed by atoms with Crippen LogP contribution in [0.2, 0.25) is 0 Å². The minimum Gasteiger partial charge on any atom is -0.465 e. The standard InChI is InChI=1S/C16H20N2O4/c19-15(22-12-13-7-3-1-4-8-13)17-14-9-5-2-6-10-18(11-14)16(20)21/h1-5,7-8,14H,6,9-12H2,(H,17,19)(H,20,21)/b5-2-/t14-/m1/s1. The minimum atomic E-state index is -0.972. The van der Waals surface area contributed by atoms with Gasteiger partial charge in [-0.1, -0.05) is 42.5 Å². The number of carbonyl (C=O) groups is 2. The number of carboxylic acid groups (broad SMARTS) is 1. The third-order valence-corrected chi connectivity index (χ3v) is 3.40. The molecule has 0 fully saturated rings. The summed E-state index contributed by atoms with van der Waals surface area (Å²) < 4.78 is 5.16. The van der Waals surface area contributed by atoms with Gasteiger partial charge in [-0.25, -0.2) is 9.59 Å². The molecule has 0 saturated carbocycles. The second kappa shape index (κ2) is 8.07. The van der Waals surface area contributed by atoms with E-state index in [-0.39, 0.29) is 19.2 Å². The first-order chi connectivity index (χ1) is 10.6. The zero-order valence-electron chi connectivity index (χ0n) is 12.3. The molecule has 0 unspecified atom stereocenters. The number of hydrogen-bond donors (Lipinski definition) is 2. The molecule has 2 rings (SSSR count). The summed E-state index contributed by atoms with van der Waals surface area (Å²) in [5.74, 6) is 0. The van der Waals surface area contributed by atoms with Crippen LogP contribution in [0.15, 0.2) is 42.5 Å². The Kier molecular flexibility index (Phi) is 5.82. The van der Waals surface area contributed by atoms with Crippen molar-refractivity contribution in [1.29, 1.82) is 0 Å². The van der Waals surface area contributed by atoms with Crippen molar-refractivity contribution >= 4 is 12.2 Å². The Hall–Kier alpha value is -2.50. The van der Waals surface area contributed by atoms with E-state index in [2.05, 4.69) is 5.32 Å². The molecular weight excluding hydrogens is 284 g/mol. The second-order valence-corrected chi connectivity index (χ2v) is 5.13. The van der Waals surface area contributed by atoms with Gasteiger partial charge in [0.1, 0.15) is 6.61 Å². The van der Waals surface area contributed by atoms with Gasteiger partial charge in [-0.3, -0.25) is 0 Å². The second-order valence-electron chi connectivity index (χ2n) is 5.13. The molecule has 1 aliphatic rings. The molecule has 0 spiro atoms. The molecule has 0 aliphatic carbocycles. The lowest BCUT2D eigenvalue weighted by molar-refractivity contribution is 0.123. The number of ether oxygens (including phenoxy) is 1. The first-order valence-electron chi connectivity index (χ1n) is 7.25. The maximum Gasteiger partial charge on any atom is 0.407 e. The Balaban J connectivity index is 1.84. The van der Waals surface area contributed by atoms with E-state index < -0.39 is 12.2 Å². The summed E-state index contributed by atoms with van der Waals surface area (Å²) in [6.45, 7) is 0.890. The van der Waals surface area contributed by atoms with Crippen molar-refractivity contribution < 1.29 is 19.4 Å². The number of benzene rings is 1. The largest absolute Gasteiger partial charge is 0.465 e. The molecule has 2 amide bonds. The average Bonchev–Trinajstić information content (AvgIpc) is 2.48. The molecule has 0 aromatic heterocycles. The summed E-state index contributed by atoms with van der Waals surface area (Å²) in [5, 5.41) is 11.8. The average molecular weight is 304 g/mol. The smallest absolute Gasteiger partial charge is 0.407 e. The number of amides is 2. The van der Waals surface area contributed by atoms with E-state index in [4.69, 9.17) is 9.84 Å². The predicted octanol–water partition coefficient (Wildman–Crippen LogP) is 2.61. The van der Waals surface area contributed by atoms with Crippen molar-refractivity contribution in [1.82, 2.24) is 10.2 Å². The fourth-order valence-corrected chi connectivity index (χ4v) is 2.25. The number of carbonyl (C=O) groups excluding carboxylic acids is 1. The predicted molar refractivity (Wildman–Crippen MR) is 81.5 cm³/mol. The van der Waals surface area contributed by atoms with E-state index in [9.17, 15) is 9.59 Å². The van der Waals surface area contributed by atoms with Crippen LogP contribution in [0.5, 0.6) is 0 Å². The summed E-state index contributed by atoms with van der Waals surface area (Å²) in [7, 11) is 0. The summed E-state index contributed by atoms with van der Waals surface area (Å²) in [4.78, 5) is 24.3. The van der Waals surface area contributed by atoms with Gasteiger partial charge < -0.3 is 20.1 Å². The van der Waals surface area contributed by atoms with E-state index in [1.165, 1.54) is 4.90 Å². The van der Waals surface area contributed by atoms with E-state index in [0.717, 1.165) is 5.56 Å². The van der Waals surface area contributed by atoms with Gasteiger partial charge in [0, 0.05) is 13.1 Å². The van der Waals surface area contributed by atoms with Crippen LogP contribution in [-0.2, 0) is 11.3 Å². The maximum absolute atomic E-state index is 11.8. The Morgan fingerprint density at radius 3 is 2.77 bits per heavy atom. The van der Waals surface area contributed by atoms with E-state index >= 15 is 0 Å². The van der Waals surface area contributed by atoms with Gasteiger partial charge in [0.2, 0.25) is 0 Å². The van der Waals surface area contributed by atoms with Gasteiger partial charge >= 0.3 is 12.2 Å². The molecule has 0 saturated heterocycles. The minimum absolute atomic E-state index is 0.192. The Labute approximate surface area is 129 Å². The van der Waals surface area contributed by atoms with Gasteiger partial charge in [0.15, 0.2) is 0 Å². The Morgan fingerprint density at radius 2 is 2.05 bits per heavy atom. The Bertz CT molecular complexity index is 530. The molecule has 0 bridgehead atoms. The number of rotatable bonds is 3. The number of nitrogens with one attached hydrogen (secondary N) is 1. The summed E-state index contributed by atoms with van der Waals surface area (Å²) in [5.41, 5.74) is 0.905. The zero-order chi connectivity index (χ0) is 15.8. The lowest BCUT2D eigenvalue weighted by Gasteiger charge is -2.26. The van der Waals surface area contributed by atoms with Crippen LogP contribution in [0.25, 0.3) is 0 Å². The van der Waals surface area contributed by atoms with Crippen LogP contribution in [0.3, 0.4) is 0 Å². The molecule has 6 heteroatoms. The van der Waals surface area contributed by atoms with Crippen LogP contribution >= 0.6 is 0 Å². The molecule has 1 heterocycles. The van der Waals surface area contributed by atoms with Gasteiger partial charge in [-0.15, -0.1) is 0 Å². The molecule has 22 heavy (non-hydrogen) atoms. The van der Waals surface area contributed by atoms with Crippen molar-refractivity contribution in [2.45, 2.75) is 25.5 Å². The number of alkyl carbamates (subject to hydrolysis) is 1. The van der Waals surface area contributed by atoms with Crippen molar-refractivity contribution in [2.24, 2.45) is 0 Å². The Morgan fingerprint density at radius 1 is 1.27 bits per heavy atom. The summed E-state index contributed by atoms with van der Waals surface area (Å²) in [6, 6.07) is 9.11. The molecule has 0 radical (unpaired) electrons. The fourth-order valence-electron chi connectivity index (χ4n) is 2.25. The number of nitrogens with zero attached hydrogens (tertiary/aromatic N) is 1. The van der Waals surface area contributed by atoms with Crippen LogP contribution < -0.4 is 5.32 Å². The van der Waals surface area contributed by atoms with E-state index in [0.29, 0.717) is 19.4 Å². The molecule has 6 nitrogen and oxygen atoms in total.